The van der Waals surface area contributed by atoms with E-state index in [1.54, 1.807) is 12.1 Å². The van der Waals surface area contributed by atoms with Gasteiger partial charge in [-0.3, -0.25) is 4.79 Å². The maximum atomic E-state index is 13.1. The second kappa shape index (κ2) is 7.85. The van der Waals surface area contributed by atoms with Crippen LogP contribution in [0.4, 0.5) is 4.39 Å². The van der Waals surface area contributed by atoms with E-state index in [0.29, 0.717) is 10.1 Å². The van der Waals surface area contributed by atoms with Gasteiger partial charge < -0.3 is 4.74 Å². The van der Waals surface area contributed by atoms with Crippen LogP contribution in [-0.4, -0.2) is 29.9 Å². The molecule has 6 heteroatoms. The summed E-state index contributed by atoms with van der Waals surface area (Å²) >= 11 is 3.79. The Morgan fingerprint density at radius 3 is 2.42 bits per heavy atom. The summed E-state index contributed by atoms with van der Waals surface area (Å²) in [6.07, 6.45) is 0. The molecule has 0 saturated carbocycles. The minimum absolute atomic E-state index is 0.188. The zero-order chi connectivity index (χ0) is 16.9. The minimum Gasteiger partial charge on any atom is -0.454 e. The zero-order valence-corrected chi connectivity index (χ0v) is 14.4. The lowest BCUT2D eigenvalue weighted by Gasteiger charge is -2.09. The molecule has 1 fully saturated rings. The molecule has 1 aliphatic heterocycles. The maximum Gasteiger partial charge on any atom is 0.338 e. The Morgan fingerprint density at radius 1 is 1.04 bits per heavy atom. The van der Waals surface area contributed by atoms with Gasteiger partial charge in [-0.25, -0.2) is 9.18 Å². The molecule has 0 amide bonds. The highest BCUT2D eigenvalue weighted by Crippen LogP contribution is 2.45. The van der Waals surface area contributed by atoms with Crippen molar-refractivity contribution in [3.63, 3.8) is 0 Å². The number of hydrogen-bond donors (Lipinski definition) is 0. The van der Waals surface area contributed by atoms with Gasteiger partial charge in [0.1, 0.15) is 5.82 Å². The summed E-state index contributed by atoms with van der Waals surface area (Å²) < 4.78 is 18.5. The average molecular weight is 362 g/mol. The number of carbonyl (C=O) groups excluding carboxylic acids is 2. The fourth-order valence-corrected chi connectivity index (χ4v) is 5.15. The van der Waals surface area contributed by atoms with Crippen molar-refractivity contribution in [1.82, 2.24) is 0 Å². The van der Waals surface area contributed by atoms with Gasteiger partial charge in [0.15, 0.2) is 12.4 Å². The first-order chi connectivity index (χ1) is 11.6. The third-order valence-corrected chi connectivity index (χ3v) is 6.63. The van der Waals surface area contributed by atoms with Crippen LogP contribution in [0.25, 0.3) is 0 Å². The predicted octanol–water partition coefficient (Wildman–Crippen LogP) is 4.34. The van der Waals surface area contributed by atoms with E-state index in [0.717, 1.165) is 17.6 Å². The Morgan fingerprint density at radius 2 is 1.75 bits per heavy atom. The molecule has 0 spiro atoms. The number of ketones is 1. The molecule has 24 heavy (non-hydrogen) atoms. The average Bonchev–Trinajstić information content (AvgIpc) is 3.14. The van der Waals surface area contributed by atoms with Crippen molar-refractivity contribution in [3.8, 4) is 0 Å². The van der Waals surface area contributed by atoms with E-state index in [2.05, 4.69) is 0 Å². The predicted molar refractivity (Wildman–Crippen MR) is 95.1 cm³/mol. The molecule has 0 aromatic heterocycles. The van der Waals surface area contributed by atoms with Gasteiger partial charge in [-0.05, 0) is 29.8 Å². The molecule has 2 aromatic rings. The van der Waals surface area contributed by atoms with Gasteiger partial charge in [-0.1, -0.05) is 24.3 Å². The molecule has 0 bridgehead atoms. The molecule has 0 N–H and O–H groups in total. The molecule has 1 aliphatic rings. The lowest BCUT2D eigenvalue weighted by Crippen LogP contribution is -2.14. The van der Waals surface area contributed by atoms with Crippen molar-refractivity contribution in [2.24, 2.45) is 0 Å². The molecule has 1 saturated heterocycles. The first-order valence-corrected chi connectivity index (χ1v) is 9.52. The van der Waals surface area contributed by atoms with Gasteiger partial charge in [-0.2, -0.15) is 0 Å². The van der Waals surface area contributed by atoms with Crippen LogP contribution in [0.15, 0.2) is 48.5 Å². The molecule has 0 radical (unpaired) electrons. The smallest absolute Gasteiger partial charge is 0.338 e. The van der Waals surface area contributed by atoms with Crippen molar-refractivity contribution in [1.29, 1.82) is 0 Å². The first kappa shape index (κ1) is 17.0. The van der Waals surface area contributed by atoms with Gasteiger partial charge in [-0.15, -0.1) is 23.5 Å². The highest BCUT2D eigenvalue weighted by atomic mass is 32.2. The normalized spacial score (nSPS) is 14.5. The highest BCUT2D eigenvalue weighted by Gasteiger charge is 2.19. The van der Waals surface area contributed by atoms with E-state index in [1.807, 2.05) is 35.7 Å². The van der Waals surface area contributed by atoms with Crippen LogP contribution in [0.5, 0.6) is 0 Å². The van der Waals surface area contributed by atoms with Crippen molar-refractivity contribution in [3.05, 3.63) is 71.0 Å². The Bertz CT molecular complexity index is 740. The molecule has 2 aromatic carbocycles. The van der Waals surface area contributed by atoms with E-state index in [-0.39, 0.29) is 5.56 Å². The van der Waals surface area contributed by atoms with Crippen LogP contribution in [0.1, 0.15) is 30.9 Å². The highest BCUT2D eigenvalue weighted by molar-refractivity contribution is 8.19. The fourth-order valence-electron chi connectivity index (χ4n) is 2.29. The Kier molecular flexibility index (Phi) is 5.58. The molecular formula is C18H15FO3S2. The number of thioether (sulfide) groups is 2. The molecule has 3 rings (SSSR count). The van der Waals surface area contributed by atoms with Crippen LogP contribution < -0.4 is 0 Å². The summed E-state index contributed by atoms with van der Waals surface area (Å²) in [5.41, 5.74) is 1.77. The molecule has 1 heterocycles. The van der Waals surface area contributed by atoms with Crippen LogP contribution in [0.3, 0.4) is 0 Å². The quantitative estimate of drug-likeness (QED) is 0.585. The van der Waals surface area contributed by atoms with Crippen molar-refractivity contribution >= 4 is 35.3 Å². The molecule has 0 unspecified atom stereocenters. The third kappa shape index (κ3) is 4.19. The summed E-state index contributed by atoms with van der Waals surface area (Å²) in [5, 5.41) is 0. The number of rotatable bonds is 5. The van der Waals surface area contributed by atoms with Gasteiger partial charge in [0.2, 0.25) is 0 Å². The summed E-state index contributed by atoms with van der Waals surface area (Å²) in [7, 11) is 0. The summed E-state index contributed by atoms with van der Waals surface area (Å²) in [6.45, 7) is -0.404. The number of benzene rings is 2. The van der Waals surface area contributed by atoms with E-state index in [4.69, 9.17) is 4.74 Å². The van der Waals surface area contributed by atoms with Crippen LogP contribution in [-0.2, 0) is 4.74 Å². The number of ether oxygens (including phenoxy) is 1. The fraction of sp³-hybridized carbons (Fsp3) is 0.222. The molecule has 0 aliphatic carbocycles. The Labute approximate surface area is 148 Å². The summed E-state index contributed by atoms with van der Waals surface area (Å²) in [4.78, 5) is 23.9. The second-order valence-corrected chi connectivity index (χ2v) is 7.93. The zero-order valence-electron chi connectivity index (χ0n) is 12.7. The van der Waals surface area contributed by atoms with Crippen molar-refractivity contribution < 1.29 is 18.7 Å². The Hall–Kier alpha value is -1.79. The lowest BCUT2D eigenvalue weighted by molar-refractivity contribution is 0.0474. The number of Topliss-reactive ketones (excluding diaryl/α,β-unsaturated/α-hetero) is 1. The number of hydrogen-bond acceptors (Lipinski definition) is 5. The van der Waals surface area contributed by atoms with Crippen LogP contribution in [0, 0.1) is 5.82 Å². The van der Waals surface area contributed by atoms with Crippen molar-refractivity contribution in [2.75, 3.05) is 18.1 Å². The monoisotopic (exact) mass is 362 g/mol. The van der Waals surface area contributed by atoms with Gasteiger partial charge >= 0.3 is 5.97 Å². The minimum atomic E-state index is -0.557. The standard InChI is InChI=1S/C18H15FO3S2/c19-15-3-1-2-14(10-15)16(20)11-22-17(21)12-4-6-13(7-5-12)18-23-8-9-24-18/h1-7,10,18H,8-9,11H2. The maximum absolute atomic E-state index is 13.1. The lowest BCUT2D eigenvalue weighted by atomic mass is 10.1. The molecule has 0 atom stereocenters. The summed E-state index contributed by atoms with van der Waals surface area (Å²) in [5.74, 6) is 0.796. The van der Waals surface area contributed by atoms with Crippen molar-refractivity contribution in [2.45, 2.75) is 4.58 Å². The van der Waals surface area contributed by atoms with Gasteiger partial charge in [0.05, 0.1) is 10.1 Å². The van der Waals surface area contributed by atoms with E-state index >= 15 is 0 Å². The number of esters is 1. The summed E-state index contributed by atoms with van der Waals surface area (Å²) in [6, 6.07) is 12.6. The van der Waals surface area contributed by atoms with E-state index in [1.165, 1.54) is 23.8 Å². The van der Waals surface area contributed by atoms with Gasteiger partial charge in [0.25, 0.3) is 0 Å². The third-order valence-electron chi connectivity index (χ3n) is 3.52. The largest absolute Gasteiger partial charge is 0.454 e. The van der Waals surface area contributed by atoms with Gasteiger partial charge in [0, 0.05) is 17.1 Å². The van der Waals surface area contributed by atoms with Crippen LogP contribution in [0.2, 0.25) is 0 Å². The second-order valence-electron chi connectivity index (χ2n) is 5.21. The van der Waals surface area contributed by atoms with Crippen LogP contribution >= 0.6 is 23.5 Å². The molecule has 3 nitrogen and oxygen atoms in total. The van der Waals surface area contributed by atoms with E-state index < -0.39 is 24.2 Å². The van der Waals surface area contributed by atoms with E-state index in [9.17, 15) is 14.0 Å². The number of halogens is 1. The Balaban J connectivity index is 1.57. The molecular weight excluding hydrogens is 347 g/mol. The number of carbonyl (C=O) groups is 2. The SMILES string of the molecule is O=C(COC(=O)c1ccc(C2SCCS2)cc1)c1cccc(F)c1. The molecule has 124 valence electrons. The first-order valence-electron chi connectivity index (χ1n) is 7.42. The topological polar surface area (TPSA) is 43.4 Å².